The van der Waals surface area contributed by atoms with Gasteiger partial charge in [0.2, 0.25) is 0 Å². The molecule has 0 N–H and O–H groups in total. The van der Waals surface area contributed by atoms with E-state index in [9.17, 15) is 4.79 Å². The first-order chi connectivity index (χ1) is 8.67. The highest BCUT2D eigenvalue weighted by Crippen LogP contribution is 2.59. The summed E-state index contributed by atoms with van der Waals surface area (Å²) in [6.45, 7) is 6.39. The molecule has 1 nitrogen and oxygen atoms in total. The maximum absolute atomic E-state index is 10.8. The number of aldehydes is 1. The van der Waals surface area contributed by atoms with Crippen LogP contribution in [0.2, 0.25) is 0 Å². The number of hydrogen-bond acceptors (Lipinski definition) is 1. The van der Waals surface area contributed by atoms with Gasteiger partial charge < -0.3 is 4.79 Å². The Labute approximate surface area is 119 Å². The third-order valence-electron chi connectivity index (χ3n) is 5.37. The summed E-state index contributed by atoms with van der Waals surface area (Å²) in [6, 6.07) is 0. The first-order valence-corrected chi connectivity index (χ1v) is 7.94. The number of halogens is 1. The Hall–Kier alpha value is -0.370. The second kappa shape index (κ2) is 5.73. The molecule has 0 bridgehead atoms. The molecule has 2 heteroatoms. The van der Waals surface area contributed by atoms with E-state index in [0.29, 0.717) is 29.6 Å². The van der Waals surface area contributed by atoms with E-state index in [1.165, 1.54) is 32.1 Å². The molecular weight excluding hydrogens is 288 g/mol. The first-order valence-electron chi connectivity index (χ1n) is 7.02. The van der Waals surface area contributed by atoms with Crippen LogP contribution < -0.4 is 0 Å². The minimum Gasteiger partial charge on any atom is -0.303 e. The predicted octanol–water partition coefficient (Wildman–Crippen LogP) is 4.87. The van der Waals surface area contributed by atoms with Crippen LogP contribution in [-0.4, -0.2) is 6.29 Å². The van der Waals surface area contributed by atoms with Gasteiger partial charge in [0.05, 0.1) is 0 Å². The number of carbonyl (C=O) groups excluding carboxylic acids is 1. The van der Waals surface area contributed by atoms with Gasteiger partial charge in [-0.15, -0.1) is 6.58 Å². The van der Waals surface area contributed by atoms with E-state index < -0.39 is 0 Å². The van der Waals surface area contributed by atoms with Crippen molar-refractivity contribution >= 4 is 22.2 Å². The van der Waals surface area contributed by atoms with Crippen LogP contribution >= 0.6 is 15.9 Å². The first kappa shape index (κ1) is 14.0. The van der Waals surface area contributed by atoms with Crippen molar-refractivity contribution < 1.29 is 4.79 Å². The lowest BCUT2D eigenvalue weighted by Gasteiger charge is -2.44. The van der Waals surface area contributed by atoms with Gasteiger partial charge in [-0.05, 0) is 60.3 Å². The molecule has 2 fully saturated rings. The smallest absolute Gasteiger partial charge is 0.120 e. The zero-order valence-electron chi connectivity index (χ0n) is 11.2. The van der Waals surface area contributed by atoms with Crippen molar-refractivity contribution in [3.63, 3.8) is 0 Å². The minimum absolute atomic E-state index is 0.368. The van der Waals surface area contributed by atoms with Gasteiger partial charge in [-0.2, -0.15) is 0 Å². The topological polar surface area (TPSA) is 17.1 Å². The number of fused-ring (bicyclic) bond motifs is 1. The fraction of sp³-hybridized carbons (Fsp3) is 0.688. The Balaban J connectivity index is 2.25. The molecule has 18 heavy (non-hydrogen) atoms. The largest absolute Gasteiger partial charge is 0.303 e. The predicted molar refractivity (Wildman–Crippen MR) is 79.6 cm³/mol. The quantitative estimate of drug-likeness (QED) is 0.534. The molecule has 0 heterocycles. The Morgan fingerprint density at radius 2 is 2.33 bits per heavy atom. The lowest BCUT2D eigenvalue weighted by Crippen LogP contribution is -2.36. The van der Waals surface area contributed by atoms with E-state index in [1.54, 1.807) is 5.57 Å². The summed E-state index contributed by atoms with van der Waals surface area (Å²) in [6.07, 6.45) is 10.1. The Morgan fingerprint density at radius 3 is 2.94 bits per heavy atom. The normalized spacial score (nSPS) is 39.3. The SMILES string of the molecule is C=C[C@H](CC=O)[C@H]1CC[C@H]2/C(=C/Br)CCC[C@]12C. The highest BCUT2D eigenvalue weighted by atomic mass is 79.9. The van der Waals surface area contributed by atoms with E-state index in [4.69, 9.17) is 0 Å². The summed E-state index contributed by atoms with van der Waals surface area (Å²) in [5, 5.41) is 0. The molecule has 0 aromatic carbocycles. The van der Waals surface area contributed by atoms with Crippen LogP contribution in [0.3, 0.4) is 0 Å². The second-order valence-electron chi connectivity index (χ2n) is 6.08. The molecule has 0 aromatic rings. The van der Waals surface area contributed by atoms with E-state index >= 15 is 0 Å². The molecule has 2 aliphatic rings. The zero-order valence-corrected chi connectivity index (χ0v) is 12.8. The van der Waals surface area contributed by atoms with Crippen molar-refractivity contribution in [1.29, 1.82) is 0 Å². The van der Waals surface area contributed by atoms with Crippen LogP contribution in [0, 0.1) is 23.2 Å². The van der Waals surface area contributed by atoms with Gasteiger partial charge in [-0.25, -0.2) is 0 Å². The van der Waals surface area contributed by atoms with Gasteiger partial charge in [0, 0.05) is 6.42 Å². The summed E-state index contributed by atoms with van der Waals surface area (Å²) >= 11 is 3.54. The van der Waals surface area contributed by atoms with Crippen molar-refractivity contribution in [1.82, 2.24) is 0 Å². The molecule has 0 aromatic heterocycles. The molecule has 0 radical (unpaired) electrons. The maximum Gasteiger partial charge on any atom is 0.120 e. The van der Waals surface area contributed by atoms with Crippen molar-refractivity contribution in [3.05, 3.63) is 23.2 Å². The third kappa shape index (κ3) is 2.24. The maximum atomic E-state index is 10.8. The molecule has 100 valence electrons. The summed E-state index contributed by atoms with van der Waals surface area (Å²) in [5.41, 5.74) is 1.96. The molecule has 0 aliphatic heterocycles. The molecule has 0 saturated heterocycles. The molecule has 2 rings (SSSR count). The summed E-state index contributed by atoms with van der Waals surface area (Å²) in [4.78, 5) is 13.0. The lowest BCUT2D eigenvalue weighted by molar-refractivity contribution is -0.109. The van der Waals surface area contributed by atoms with Crippen LogP contribution in [0.4, 0.5) is 0 Å². The standard InChI is InChI=1S/C16H23BrO/c1-3-12(8-10-18)14-6-7-15-13(11-17)5-4-9-16(14,15)2/h3,10-12,14-15H,1,4-9H2,2H3/b13-11+/t12-,14-,15+,16-/m1/s1. The van der Waals surface area contributed by atoms with Gasteiger partial charge in [0.1, 0.15) is 6.29 Å². The van der Waals surface area contributed by atoms with Gasteiger partial charge in [0.15, 0.2) is 0 Å². The molecule has 0 unspecified atom stereocenters. The van der Waals surface area contributed by atoms with Crippen LogP contribution in [-0.2, 0) is 4.79 Å². The average molecular weight is 311 g/mol. The highest BCUT2D eigenvalue weighted by Gasteiger charge is 2.50. The van der Waals surface area contributed by atoms with Gasteiger partial charge >= 0.3 is 0 Å². The average Bonchev–Trinajstić information content (AvgIpc) is 2.73. The Morgan fingerprint density at radius 1 is 1.56 bits per heavy atom. The molecular formula is C16H23BrO. The van der Waals surface area contributed by atoms with Crippen LogP contribution in [0.25, 0.3) is 0 Å². The van der Waals surface area contributed by atoms with E-state index in [1.807, 2.05) is 6.08 Å². The molecule has 0 spiro atoms. The zero-order chi connectivity index (χ0) is 13.2. The number of allylic oxidation sites excluding steroid dienone is 2. The van der Waals surface area contributed by atoms with Crippen LogP contribution in [0.15, 0.2) is 23.2 Å². The Kier molecular flexibility index (Phi) is 4.47. The molecule has 0 amide bonds. The van der Waals surface area contributed by atoms with E-state index in [0.717, 1.165) is 6.29 Å². The van der Waals surface area contributed by atoms with Crippen LogP contribution in [0.1, 0.15) is 45.4 Å². The molecule has 2 saturated carbocycles. The van der Waals surface area contributed by atoms with E-state index in [2.05, 4.69) is 34.4 Å². The number of rotatable bonds is 4. The fourth-order valence-corrected chi connectivity index (χ4v) is 5.00. The third-order valence-corrected chi connectivity index (χ3v) is 5.95. The Bertz CT molecular complexity index is 360. The lowest BCUT2D eigenvalue weighted by atomic mass is 9.61. The van der Waals surface area contributed by atoms with Crippen molar-refractivity contribution in [2.24, 2.45) is 23.2 Å². The summed E-state index contributed by atoms with van der Waals surface area (Å²) in [7, 11) is 0. The van der Waals surface area contributed by atoms with Gasteiger partial charge in [0.25, 0.3) is 0 Å². The summed E-state index contributed by atoms with van der Waals surface area (Å²) < 4.78 is 0. The highest BCUT2D eigenvalue weighted by molar-refractivity contribution is 9.11. The minimum atomic E-state index is 0.368. The van der Waals surface area contributed by atoms with Crippen molar-refractivity contribution in [2.75, 3.05) is 0 Å². The fourth-order valence-electron chi connectivity index (χ4n) is 4.45. The van der Waals surface area contributed by atoms with Gasteiger partial charge in [-0.3, -0.25) is 0 Å². The van der Waals surface area contributed by atoms with E-state index in [-0.39, 0.29) is 0 Å². The van der Waals surface area contributed by atoms with Gasteiger partial charge in [-0.1, -0.05) is 34.5 Å². The number of carbonyl (C=O) groups is 1. The second-order valence-corrected chi connectivity index (χ2v) is 6.54. The summed E-state index contributed by atoms with van der Waals surface area (Å²) in [5.74, 6) is 1.71. The molecule has 4 atom stereocenters. The van der Waals surface area contributed by atoms with Crippen molar-refractivity contribution in [2.45, 2.75) is 45.4 Å². The molecule has 2 aliphatic carbocycles. The number of hydrogen-bond donors (Lipinski definition) is 0. The van der Waals surface area contributed by atoms with Crippen LogP contribution in [0.5, 0.6) is 0 Å². The van der Waals surface area contributed by atoms with Crippen molar-refractivity contribution in [3.8, 4) is 0 Å². The monoisotopic (exact) mass is 310 g/mol.